The van der Waals surface area contributed by atoms with Crippen LogP contribution >= 0.6 is 0 Å². The molecule has 3 heteroatoms. The molecule has 3 nitrogen and oxygen atoms in total. The molecule has 0 radical (unpaired) electrons. The first-order valence-electron chi connectivity index (χ1n) is 6.65. The van der Waals surface area contributed by atoms with Crippen molar-refractivity contribution in [1.82, 2.24) is 0 Å². The molecule has 1 unspecified atom stereocenters. The zero-order valence-electron chi connectivity index (χ0n) is 11.4. The van der Waals surface area contributed by atoms with Crippen molar-refractivity contribution in [2.45, 2.75) is 44.6 Å². The van der Waals surface area contributed by atoms with E-state index in [1.165, 1.54) is 5.56 Å². The molecule has 1 saturated carbocycles. The maximum atomic E-state index is 12.1. The van der Waals surface area contributed by atoms with E-state index in [0.717, 1.165) is 24.9 Å². The molecule has 2 rings (SSSR count). The SMILES string of the molecule is CCC(C)c1ccc(N(C)C(=O)C2(N)CC2)cc1. The van der Waals surface area contributed by atoms with Gasteiger partial charge in [0, 0.05) is 12.7 Å². The average molecular weight is 246 g/mol. The van der Waals surface area contributed by atoms with E-state index in [0.29, 0.717) is 5.92 Å². The molecule has 0 heterocycles. The lowest BCUT2D eigenvalue weighted by Crippen LogP contribution is -2.43. The largest absolute Gasteiger partial charge is 0.317 e. The van der Waals surface area contributed by atoms with Crippen molar-refractivity contribution >= 4 is 11.6 Å². The summed E-state index contributed by atoms with van der Waals surface area (Å²) in [6, 6.07) is 8.21. The Morgan fingerprint density at radius 2 is 1.94 bits per heavy atom. The zero-order valence-corrected chi connectivity index (χ0v) is 11.4. The van der Waals surface area contributed by atoms with Crippen LogP contribution in [0.3, 0.4) is 0 Å². The fourth-order valence-electron chi connectivity index (χ4n) is 2.06. The van der Waals surface area contributed by atoms with Gasteiger partial charge in [-0.25, -0.2) is 0 Å². The van der Waals surface area contributed by atoms with Crippen LogP contribution in [0.2, 0.25) is 0 Å². The molecule has 1 amide bonds. The van der Waals surface area contributed by atoms with Gasteiger partial charge < -0.3 is 10.6 Å². The second-order valence-corrected chi connectivity index (χ2v) is 5.42. The van der Waals surface area contributed by atoms with Crippen LogP contribution in [0.15, 0.2) is 24.3 Å². The Morgan fingerprint density at radius 1 is 1.39 bits per heavy atom. The zero-order chi connectivity index (χ0) is 13.3. The first-order chi connectivity index (χ1) is 8.48. The molecular formula is C15H22N2O. The molecule has 1 fully saturated rings. The maximum Gasteiger partial charge on any atom is 0.246 e. The van der Waals surface area contributed by atoms with Crippen molar-refractivity contribution < 1.29 is 4.79 Å². The molecule has 0 aromatic heterocycles. The van der Waals surface area contributed by atoms with E-state index < -0.39 is 5.54 Å². The highest BCUT2D eigenvalue weighted by molar-refractivity contribution is 6.01. The van der Waals surface area contributed by atoms with Gasteiger partial charge in [-0.3, -0.25) is 4.79 Å². The number of nitrogens with zero attached hydrogens (tertiary/aromatic N) is 1. The summed E-state index contributed by atoms with van der Waals surface area (Å²) < 4.78 is 0. The lowest BCUT2D eigenvalue weighted by molar-refractivity contribution is -0.120. The van der Waals surface area contributed by atoms with Crippen molar-refractivity contribution in [3.05, 3.63) is 29.8 Å². The van der Waals surface area contributed by atoms with E-state index in [4.69, 9.17) is 5.73 Å². The summed E-state index contributed by atoms with van der Waals surface area (Å²) in [5, 5.41) is 0. The summed E-state index contributed by atoms with van der Waals surface area (Å²) >= 11 is 0. The number of amides is 1. The Hall–Kier alpha value is -1.35. The third-order valence-corrected chi connectivity index (χ3v) is 3.98. The number of likely N-dealkylation sites (N-methyl/N-ethyl adjacent to an activating group) is 1. The minimum Gasteiger partial charge on any atom is -0.317 e. The second kappa shape index (κ2) is 4.73. The highest BCUT2D eigenvalue weighted by Gasteiger charge is 2.47. The Balaban J connectivity index is 2.12. The smallest absolute Gasteiger partial charge is 0.246 e. The standard InChI is InChI=1S/C15H22N2O/c1-4-11(2)12-5-7-13(8-6-12)17(3)14(18)15(16)9-10-15/h5-8,11H,4,9-10,16H2,1-3H3. The number of nitrogens with two attached hydrogens (primary N) is 1. The van der Waals surface area contributed by atoms with Crippen LogP contribution in [0.25, 0.3) is 0 Å². The third kappa shape index (κ3) is 2.41. The van der Waals surface area contributed by atoms with E-state index in [2.05, 4.69) is 26.0 Å². The van der Waals surface area contributed by atoms with E-state index >= 15 is 0 Å². The molecule has 18 heavy (non-hydrogen) atoms. The van der Waals surface area contributed by atoms with Gasteiger partial charge in [-0.1, -0.05) is 26.0 Å². The second-order valence-electron chi connectivity index (χ2n) is 5.42. The van der Waals surface area contributed by atoms with Crippen LogP contribution in [0.1, 0.15) is 44.6 Å². The van der Waals surface area contributed by atoms with E-state index in [1.807, 2.05) is 12.1 Å². The predicted molar refractivity (Wildman–Crippen MR) is 74.7 cm³/mol. The lowest BCUT2D eigenvalue weighted by atomic mass is 9.98. The summed E-state index contributed by atoms with van der Waals surface area (Å²) in [6.45, 7) is 4.39. The third-order valence-electron chi connectivity index (χ3n) is 3.98. The molecule has 0 saturated heterocycles. The van der Waals surface area contributed by atoms with Crippen molar-refractivity contribution in [3.63, 3.8) is 0 Å². The van der Waals surface area contributed by atoms with Gasteiger partial charge in [0.1, 0.15) is 0 Å². The van der Waals surface area contributed by atoms with Crippen molar-refractivity contribution in [2.24, 2.45) is 5.73 Å². The fourth-order valence-corrected chi connectivity index (χ4v) is 2.06. The van der Waals surface area contributed by atoms with E-state index in [-0.39, 0.29) is 5.91 Å². The first-order valence-corrected chi connectivity index (χ1v) is 6.65. The van der Waals surface area contributed by atoms with Crippen LogP contribution < -0.4 is 10.6 Å². The minimum atomic E-state index is -0.593. The normalized spacial score (nSPS) is 18.2. The fraction of sp³-hybridized carbons (Fsp3) is 0.533. The number of carbonyl (C=O) groups is 1. The topological polar surface area (TPSA) is 46.3 Å². The van der Waals surface area contributed by atoms with Crippen molar-refractivity contribution in [2.75, 3.05) is 11.9 Å². The molecule has 2 N–H and O–H groups in total. The monoisotopic (exact) mass is 246 g/mol. The van der Waals surface area contributed by atoms with Gasteiger partial charge in [0.25, 0.3) is 0 Å². The Morgan fingerprint density at radius 3 is 2.39 bits per heavy atom. The molecule has 1 aromatic rings. The molecule has 98 valence electrons. The summed E-state index contributed by atoms with van der Waals surface area (Å²) in [5.74, 6) is 0.586. The van der Waals surface area contributed by atoms with E-state index in [9.17, 15) is 4.79 Å². The predicted octanol–water partition coefficient (Wildman–Crippen LogP) is 2.65. The Kier molecular flexibility index (Phi) is 3.44. The average Bonchev–Trinajstić information content (AvgIpc) is 3.15. The van der Waals surface area contributed by atoms with Crippen LogP contribution in [0, 0.1) is 0 Å². The number of rotatable bonds is 4. The number of hydrogen-bond donors (Lipinski definition) is 1. The van der Waals surface area contributed by atoms with Crippen LogP contribution in [-0.2, 0) is 4.79 Å². The first kappa shape index (κ1) is 13.1. The van der Waals surface area contributed by atoms with Gasteiger partial charge >= 0.3 is 0 Å². The molecule has 0 spiro atoms. The summed E-state index contributed by atoms with van der Waals surface area (Å²) in [6.07, 6.45) is 2.74. The molecule has 0 aliphatic heterocycles. The summed E-state index contributed by atoms with van der Waals surface area (Å²) in [5.41, 5.74) is 7.58. The molecule has 1 atom stereocenters. The molecule has 1 aromatic carbocycles. The highest BCUT2D eigenvalue weighted by Crippen LogP contribution is 2.35. The van der Waals surface area contributed by atoms with Crippen LogP contribution in [0.5, 0.6) is 0 Å². The number of carbonyl (C=O) groups excluding carboxylic acids is 1. The van der Waals surface area contributed by atoms with Gasteiger partial charge in [0.05, 0.1) is 5.54 Å². The van der Waals surface area contributed by atoms with Gasteiger partial charge in [-0.15, -0.1) is 0 Å². The quantitative estimate of drug-likeness (QED) is 0.887. The highest BCUT2D eigenvalue weighted by atomic mass is 16.2. The molecular weight excluding hydrogens is 224 g/mol. The number of anilines is 1. The number of benzene rings is 1. The number of hydrogen-bond acceptors (Lipinski definition) is 2. The minimum absolute atomic E-state index is 0.0267. The van der Waals surface area contributed by atoms with Gasteiger partial charge in [-0.2, -0.15) is 0 Å². The maximum absolute atomic E-state index is 12.1. The Bertz CT molecular complexity index is 434. The van der Waals surface area contributed by atoms with E-state index in [1.54, 1.807) is 11.9 Å². The van der Waals surface area contributed by atoms with Crippen LogP contribution in [-0.4, -0.2) is 18.5 Å². The van der Waals surface area contributed by atoms with Crippen molar-refractivity contribution in [1.29, 1.82) is 0 Å². The Labute approximate surface area is 109 Å². The summed E-state index contributed by atoms with van der Waals surface area (Å²) in [4.78, 5) is 13.8. The lowest BCUT2D eigenvalue weighted by Gasteiger charge is -2.21. The van der Waals surface area contributed by atoms with Gasteiger partial charge in [0.2, 0.25) is 5.91 Å². The van der Waals surface area contributed by atoms with Crippen LogP contribution in [0.4, 0.5) is 5.69 Å². The molecule has 1 aliphatic carbocycles. The van der Waals surface area contributed by atoms with Gasteiger partial charge in [-0.05, 0) is 42.9 Å². The molecule has 1 aliphatic rings. The summed E-state index contributed by atoms with van der Waals surface area (Å²) in [7, 11) is 1.80. The van der Waals surface area contributed by atoms with Crippen molar-refractivity contribution in [3.8, 4) is 0 Å². The molecule has 0 bridgehead atoms. The van der Waals surface area contributed by atoms with Gasteiger partial charge in [0.15, 0.2) is 0 Å².